The SMILES string of the molecule is CCCCCC1(C#N)CCC(c2ccc(-c3ccc(C4OCC(CC)CO4)cc3)cc2)CC1. The number of hydrogen-bond donors (Lipinski definition) is 0. The van der Waals surface area contributed by atoms with E-state index in [4.69, 9.17) is 9.47 Å². The standard InChI is InChI=1S/C30H39NO2/c1-3-5-6-17-30(22-31)18-15-27(16-19-30)26-9-7-24(8-10-26)25-11-13-28(14-12-25)29-32-20-23(4-2)21-33-29/h7-14,23,27,29H,3-6,15-21H2,1-2H3. The van der Waals surface area contributed by atoms with Gasteiger partial charge in [-0.05, 0) is 61.1 Å². The molecule has 0 atom stereocenters. The molecule has 0 amide bonds. The van der Waals surface area contributed by atoms with E-state index in [0.717, 1.165) is 57.3 Å². The van der Waals surface area contributed by atoms with Crippen LogP contribution in [0.3, 0.4) is 0 Å². The fourth-order valence-electron chi connectivity index (χ4n) is 5.39. The Kier molecular flexibility index (Phi) is 8.23. The summed E-state index contributed by atoms with van der Waals surface area (Å²) in [6.07, 6.45) is 9.96. The van der Waals surface area contributed by atoms with Crippen molar-refractivity contribution in [1.82, 2.24) is 0 Å². The van der Waals surface area contributed by atoms with Crippen molar-refractivity contribution >= 4 is 0 Å². The van der Waals surface area contributed by atoms with Crippen molar-refractivity contribution in [3.05, 3.63) is 59.7 Å². The molecule has 1 aliphatic heterocycles. The van der Waals surface area contributed by atoms with E-state index in [1.807, 2.05) is 0 Å². The maximum Gasteiger partial charge on any atom is 0.183 e. The molecule has 0 unspecified atom stereocenters. The van der Waals surface area contributed by atoms with Crippen LogP contribution in [0.4, 0.5) is 0 Å². The fourth-order valence-corrected chi connectivity index (χ4v) is 5.39. The molecule has 176 valence electrons. The van der Waals surface area contributed by atoms with E-state index >= 15 is 0 Å². The van der Waals surface area contributed by atoms with Gasteiger partial charge in [0.2, 0.25) is 0 Å². The van der Waals surface area contributed by atoms with Crippen molar-refractivity contribution in [1.29, 1.82) is 5.26 Å². The van der Waals surface area contributed by atoms with Gasteiger partial charge in [-0.2, -0.15) is 5.26 Å². The van der Waals surface area contributed by atoms with Gasteiger partial charge < -0.3 is 9.47 Å². The van der Waals surface area contributed by atoms with E-state index in [9.17, 15) is 5.26 Å². The molecule has 33 heavy (non-hydrogen) atoms. The van der Waals surface area contributed by atoms with Gasteiger partial charge in [0.15, 0.2) is 6.29 Å². The molecule has 2 aliphatic rings. The van der Waals surface area contributed by atoms with Crippen LogP contribution in [-0.2, 0) is 9.47 Å². The Balaban J connectivity index is 1.34. The minimum atomic E-state index is -0.238. The summed E-state index contributed by atoms with van der Waals surface area (Å²) < 4.78 is 11.8. The van der Waals surface area contributed by atoms with Crippen molar-refractivity contribution in [2.24, 2.45) is 11.3 Å². The molecule has 3 heteroatoms. The Morgan fingerprint density at radius 2 is 1.42 bits per heavy atom. The van der Waals surface area contributed by atoms with Gasteiger partial charge in [-0.1, -0.05) is 81.6 Å². The van der Waals surface area contributed by atoms with Crippen LogP contribution in [0.1, 0.15) is 95.0 Å². The minimum Gasteiger partial charge on any atom is -0.348 e. The van der Waals surface area contributed by atoms with Crippen LogP contribution in [0.15, 0.2) is 48.5 Å². The molecule has 3 nitrogen and oxygen atoms in total. The summed E-state index contributed by atoms with van der Waals surface area (Å²) in [6, 6.07) is 20.4. The number of unbranched alkanes of at least 4 members (excludes halogenated alkanes) is 2. The lowest BCUT2D eigenvalue weighted by atomic mass is 9.67. The molecule has 0 radical (unpaired) electrons. The first kappa shape index (κ1) is 24.0. The molecular weight excluding hydrogens is 406 g/mol. The zero-order valence-electron chi connectivity index (χ0n) is 20.4. The van der Waals surface area contributed by atoms with Gasteiger partial charge in [-0.25, -0.2) is 0 Å². The van der Waals surface area contributed by atoms with Crippen LogP contribution in [0, 0.1) is 22.7 Å². The van der Waals surface area contributed by atoms with Gasteiger partial charge in [0.05, 0.1) is 24.7 Å². The number of hydrogen-bond acceptors (Lipinski definition) is 3. The first-order valence-corrected chi connectivity index (χ1v) is 13.0. The maximum atomic E-state index is 9.82. The number of nitriles is 1. The largest absolute Gasteiger partial charge is 0.348 e. The van der Waals surface area contributed by atoms with Crippen LogP contribution in [0.25, 0.3) is 11.1 Å². The molecule has 4 rings (SSSR count). The number of nitrogens with zero attached hydrogens (tertiary/aromatic N) is 1. The lowest BCUT2D eigenvalue weighted by Crippen LogP contribution is -2.26. The second-order valence-electron chi connectivity index (χ2n) is 10.1. The Morgan fingerprint density at radius 3 is 1.94 bits per heavy atom. The third kappa shape index (κ3) is 5.86. The van der Waals surface area contributed by atoms with Crippen molar-refractivity contribution in [3.8, 4) is 17.2 Å². The molecular formula is C30H39NO2. The third-order valence-corrected chi connectivity index (χ3v) is 7.88. The van der Waals surface area contributed by atoms with Gasteiger partial charge in [0.1, 0.15) is 0 Å². The van der Waals surface area contributed by atoms with Crippen LogP contribution in [0.2, 0.25) is 0 Å². The molecule has 0 aromatic heterocycles. The fraction of sp³-hybridized carbons (Fsp3) is 0.567. The van der Waals surface area contributed by atoms with E-state index in [1.54, 1.807) is 0 Å². The highest BCUT2D eigenvalue weighted by Gasteiger charge is 2.35. The topological polar surface area (TPSA) is 42.2 Å². The molecule has 2 aromatic carbocycles. The Morgan fingerprint density at radius 1 is 0.848 bits per heavy atom. The van der Waals surface area contributed by atoms with Crippen molar-refractivity contribution in [2.45, 2.75) is 83.8 Å². The highest BCUT2D eigenvalue weighted by atomic mass is 16.7. The molecule has 1 heterocycles. The number of ether oxygens (including phenoxy) is 2. The van der Waals surface area contributed by atoms with E-state index in [1.165, 1.54) is 36.0 Å². The van der Waals surface area contributed by atoms with E-state index in [0.29, 0.717) is 11.8 Å². The summed E-state index contributed by atoms with van der Waals surface area (Å²) in [5, 5.41) is 9.82. The average Bonchev–Trinajstić information content (AvgIpc) is 2.89. The van der Waals surface area contributed by atoms with Crippen molar-refractivity contribution in [3.63, 3.8) is 0 Å². The van der Waals surface area contributed by atoms with E-state index in [-0.39, 0.29) is 11.7 Å². The van der Waals surface area contributed by atoms with Crippen molar-refractivity contribution in [2.75, 3.05) is 13.2 Å². The van der Waals surface area contributed by atoms with Crippen LogP contribution < -0.4 is 0 Å². The third-order valence-electron chi connectivity index (χ3n) is 7.88. The maximum absolute atomic E-state index is 9.82. The normalized spacial score (nSPS) is 27.7. The van der Waals surface area contributed by atoms with Crippen LogP contribution in [0.5, 0.6) is 0 Å². The molecule has 0 bridgehead atoms. The lowest BCUT2D eigenvalue weighted by molar-refractivity contribution is -0.205. The lowest BCUT2D eigenvalue weighted by Gasteiger charge is -2.35. The highest BCUT2D eigenvalue weighted by Crippen LogP contribution is 2.45. The summed E-state index contributed by atoms with van der Waals surface area (Å²) in [6.45, 7) is 5.97. The molecule has 1 saturated carbocycles. The second-order valence-corrected chi connectivity index (χ2v) is 10.1. The highest BCUT2D eigenvalue weighted by molar-refractivity contribution is 5.64. The molecule has 1 aliphatic carbocycles. The predicted molar refractivity (Wildman–Crippen MR) is 134 cm³/mol. The predicted octanol–water partition coefficient (Wildman–Crippen LogP) is 8.17. The number of benzene rings is 2. The summed E-state index contributed by atoms with van der Waals surface area (Å²) in [4.78, 5) is 0. The van der Waals surface area contributed by atoms with Crippen molar-refractivity contribution < 1.29 is 9.47 Å². The summed E-state index contributed by atoms with van der Waals surface area (Å²) in [7, 11) is 0. The number of rotatable bonds is 8. The average molecular weight is 446 g/mol. The quantitative estimate of drug-likeness (QED) is 0.385. The summed E-state index contributed by atoms with van der Waals surface area (Å²) in [5.41, 5.74) is 4.90. The zero-order valence-corrected chi connectivity index (χ0v) is 20.4. The van der Waals surface area contributed by atoms with E-state index in [2.05, 4.69) is 68.4 Å². The van der Waals surface area contributed by atoms with Gasteiger partial charge in [-0.3, -0.25) is 0 Å². The van der Waals surface area contributed by atoms with Crippen LogP contribution in [-0.4, -0.2) is 13.2 Å². The summed E-state index contributed by atoms with van der Waals surface area (Å²) in [5.74, 6) is 1.10. The Bertz CT molecular complexity index is 896. The van der Waals surface area contributed by atoms with Crippen LogP contribution >= 0.6 is 0 Å². The first-order chi connectivity index (χ1) is 16.2. The zero-order chi connectivity index (χ0) is 23.1. The Hall–Kier alpha value is -2.15. The van der Waals surface area contributed by atoms with Gasteiger partial charge in [0, 0.05) is 11.5 Å². The Labute approximate surface area is 200 Å². The molecule has 2 aromatic rings. The van der Waals surface area contributed by atoms with Gasteiger partial charge >= 0.3 is 0 Å². The van der Waals surface area contributed by atoms with Gasteiger partial charge in [0.25, 0.3) is 0 Å². The molecule has 0 spiro atoms. The second kappa shape index (κ2) is 11.3. The van der Waals surface area contributed by atoms with Gasteiger partial charge in [-0.15, -0.1) is 0 Å². The molecule has 2 fully saturated rings. The van der Waals surface area contributed by atoms with E-state index < -0.39 is 0 Å². The monoisotopic (exact) mass is 445 g/mol. The first-order valence-electron chi connectivity index (χ1n) is 13.0. The minimum absolute atomic E-state index is 0.0728. The molecule has 1 saturated heterocycles. The summed E-state index contributed by atoms with van der Waals surface area (Å²) >= 11 is 0. The molecule has 0 N–H and O–H groups in total. The smallest absolute Gasteiger partial charge is 0.183 e.